The molecule has 2 N–H and O–H groups in total. The lowest BCUT2D eigenvalue weighted by Gasteiger charge is -2.17. The summed E-state index contributed by atoms with van der Waals surface area (Å²) in [6.07, 6.45) is -9.99. The van der Waals surface area contributed by atoms with Crippen molar-refractivity contribution in [1.82, 2.24) is 0 Å². The molecular weight excluding hydrogens is 304 g/mol. The molecule has 0 aliphatic heterocycles. The van der Waals surface area contributed by atoms with Crippen LogP contribution in [-0.4, -0.2) is 12.6 Å². The Kier molecular flexibility index (Phi) is 4.87. The van der Waals surface area contributed by atoms with Gasteiger partial charge in [0, 0.05) is 0 Å². The predicted molar refractivity (Wildman–Crippen MR) is 60.0 cm³/mol. The van der Waals surface area contributed by atoms with Gasteiger partial charge in [0.2, 0.25) is 0 Å². The molecule has 118 valence electrons. The molecule has 0 amide bonds. The maximum atomic E-state index is 12.6. The van der Waals surface area contributed by atoms with Crippen molar-refractivity contribution >= 4 is 5.97 Å². The van der Waals surface area contributed by atoms with Crippen LogP contribution in [0.1, 0.15) is 29.7 Å². The standard InChI is InChI=1S/C12H11F6NO2/c1-2-21-10(20)9(19)6-3-7(11(13,14)15)5-8(4-6)12(16,17)18/h3-5,9H,2,19H2,1H3. The van der Waals surface area contributed by atoms with Gasteiger partial charge in [-0.25, -0.2) is 4.79 Å². The Morgan fingerprint density at radius 3 is 1.86 bits per heavy atom. The fourth-order valence-corrected chi connectivity index (χ4v) is 1.53. The molecule has 9 heteroatoms. The quantitative estimate of drug-likeness (QED) is 0.688. The fraction of sp³-hybridized carbons (Fsp3) is 0.417. The van der Waals surface area contributed by atoms with Gasteiger partial charge in [0.1, 0.15) is 6.04 Å². The van der Waals surface area contributed by atoms with Crippen molar-refractivity contribution in [1.29, 1.82) is 0 Å². The monoisotopic (exact) mass is 315 g/mol. The van der Waals surface area contributed by atoms with E-state index in [1.54, 1.807) is 0 Å². The van der Waals surface area contributed by atoms with E-state index in [-0.39, 0.29) is 12.7 Å². The minimum atomic E-state index is -5.00. The third kappa shape index (κ3) is 4.35. The SMILES string of the molecule is CCOC(=O)C(N)c1cc(C(F)(F)F)cc(C(F)(F)F)c1. The number of ether oxygens (including phenoxy) is 1. The van der Waals surface area contributed by atoms with E-state index < -0.39 is 41.1 Å². The molecule has 1 atom stereocenters. The molecule has 21 heavy (non-hydrogen) atoms. The summed E-state index contributed by atoms with van der Waals surface area (Å²) < 4.78 is 80.2. The first kappa shape index (κ1) is 17.3. The van der Waals surface area contributed by atoms with Gasteiger partial charge in [0.05, 0.1) is 17.7 Å². The Labute approximate surface area is 115 Å². The second kappa shape index (κ2) is 5.92. The maximum absolute atomic E-state index is 12.6. The zero-order valence-corrected chi connectivity index (χ0v) is 10.7. The van der Waals surface area contributed by atoms with Crippen molar-refractivity contribution in [3.8, 4) is 0 Å². The first-order chi connectivity index (χ1) is 9.46. The van der Waals surface area contributed by atoms with Gasteiger partial charge in [-0.15, -0.1) is 0 Å². The van der Waals surface area contributed by atoms with Crippen LogP contribution in [0.25, 0.3) is 0 Å². The van der Waals surface area contributed by atoms with Gasteiger partial charge in [-0.05, 0) is 30.7 Å². The molecule has 0 aliphatic rings. The zero-order valence-electron chi connectivity index (χ0n) is 10.7. The maximum Gasteiger partial charge on any atom is 0.416 e. The summed E-state index contributed by atoms with van der Waals surface area (Å²) in [5, 5.41) is 0. The van der Waals surface area contributed by atoms with E-state index in [4.69, 9.17) is 5.73 Å². The lowest BCUT2D eigenvalue weighted by molar-refractivity contribution is -0.146. The summed E-state index contributed by atoms with van der Waals surface area (Å²) in [6.45, 7) is 1.33. The highest BCUT2D eigenvalue weighted by atomic mass is 19.4. The Morgan fingerprint density at radius 1 is 1.10 bits per heavy atom. The number of halogens is 6. The summed E-state index contributed by atoms with van der Waals surface area (Å²) in [5.41, 5.74) is 1.65. The molecule has 1 aromatic carbocycles. The average Bonchev–Trinajstić information content (AvgIpc) is 2.35. The fourth-order valence-electron chi connectivity index (χ4n) is 1.53. The number of carbonyl (C=O) groups is 1. The van der Waals surface area contributed by atoms with Crippen LogP contribution in [0.15, 0.2) is 18.2 Å². The average molecular weight is 315 g/mol. The first-order valence-corrected chi connectivity index (χ1v) is 5.68. The Bertz CT molecular complexity index is 491. The molecular formula is C12H11F6NO2. The highest BCUT2D eigenvalue weighted by molar-refractivity contribution is 5.77. The Hall–Kier alpha value is -1.77. The smallest absolute Gasteiger partial charge is 0.416 e. The van der Waals surface area contributed by atoms with Crippen LogP contribution in [0.3, 0.4) is 0 Å². The highest BCUT2D eigenvalue weighted by Crippen LogP contribution is 2.37. The number of esters is 1. The number of rotatable bonds is 3. The molecule has 1 rings (SSSR count). The molecule has 0 aromatic heterocycles. The van der Waals surface area contributed by atoms with Crippen molar-refractivity contribution < 1.29 is 35.9 Å². The zero-order chi connectivity index (χ0) is 16.4. The van der Waals surface area contributed by atoms with Gasteiger partial charge in [-0.3, -0.25) is 0 Å². The highest BCUT2D eigenvalue weighted by Gasteiger charge is 2.37. The molecule has 0 aliphatic carbocycles. The summed E-state index contributed by atoms with van der Waals surface area (Å²) in [4.78, 5) is 11.4. The topological polar surface area (TPSA) is 52.3 Å². The van der Waals surface area contributed by atoms with E-state index in [1.165, 1.54) is 6.92 Å². The van der Waals surface area contributed by atoms with E-state index in [2.05, 4.69) is 4.74 Å². The number of alkyl halides is 6. The molecule has 0 bridgehead atoms. The molecule has 0 radical (unpaired) electrons. The molecule has 1 aromatic rings. The van der Waals surface area contributed by atoms with Crippen molar-refractivity contribution in [2.24, 2.45) is 5.73 Å². The minimum Gasteiger partial charge on any atom is -0.465 e. The van der Waals surface area contributed by atoms with E-state index in [1.807, 2.05) is 0 Å². The molecule has 0 saturated heterocycles. The third-order valence-electron chi connectivity index (χ3n) is 2.51. The van der Waals surface area contributed by atoms with Crippen molar-refractivity contribution in [3.05, 3.63) is 34.9 Å². The van der Waals surface area contributed by atoms with Crippen molar-refractivity contribution in [2.75, 3.05) is 6.61 Å². The van der Waals surface area contributed by atoms with Crippen LogP contribution in [-0.2, 0) is 21.9 Å². The number of carbonyl (C=O) groups excluding carboxylic acids is 1. The largest absolute Gasteiger partial charge is 0.465 e. The van der Waals surface area contributed by atoms with Crippen LogP contribution in [0.5, 0.6) is 0 Å². The van der Waals surface area contributed by atoms with Gasteiger partial charge in [0.15, 0.2) is 0 Å². The number of hydrogen-bond acceptors (Lipinski definition) is 3. The van der Waals surface area contributed by atoms with Crippen LogP contribution in [0.4, 0.5) is 26.3 Å². The van der Waals surface area contributed by atoms with Crippen molar-refractivity contribution in [2.45, 2.75) is 25.3 Å². The van der Waals surface area contributed by atoms with Gasteiger partial charge in [-0.2, -0.15) is 26.3 Å². The van der Waals surface area contributed by atoms with E-state index in [0.717, 1.165) is 0 Å². The number of hydrogen-bond donors (Lipinski definition) is 1. The van der Waals surface area contributed by atoms with Crippen LogP contribution >= 0.6 is 0 Å². The van der Waals surface area contributed by atoms with Gasteiger partial charge < -0.3 is 10.5 Å². The van der Waals surface area contributed by atoms with E-state index in [9.17, 15) is 31.1 Å². The van der Waals surface area contributed by atoms with Crippen LogP contribution < -0.4 is 5.73 Å². The molecule has 1 unspecified atom stereocenters. The van der Waals surface area contributed by atoms with Gasteiger partial charge >= 0.3 is 18.3 Å². The van der Waals surface area contributed by atoms with Gasteiger partial charge in [0.25, 0.3) is 0 Å². The third-order valence-corrected chi connectivity index (χ3v) is 2.51. The predicted octanol–water partition coefficient (Wildman–Crippen LogP) is 3.29. The van der Waals surface area contributed by atoms with Gasteiger partial charge in [-0.1, -0.05) is 0 Å². The van der Waals surface area contributed by atoms with E-state index >= 15 is 0 Å². The molecule has 0 heterocycles. The summed E-state index contributed by atoms with van der Waals surface area (Å²) >= 11 is 0. The lowest BCUT2D eigenvalue weighted by Crippen LogP contribution is -2.25. The summed E-state index contributed by atoms with van der Waals surface area (Å²) in [6, 6.07) is -0.969. The number of benzene rings is 1. The minimum absolute atomic E-state index is 0.0403. The number of nitrogens with two attached hydrogens (primary N) is 1. The van der Waals surface area contributed by atoms with Crippen LogP contribution in [0, 0.1) is 0 Å². The molecule has 0 fully saturated rings. The molecule has 3 nitrogen and oxygen atoms in total. The molecule has 0 spiro atoms. The van der Waals surface area contributed by atoms with Crippen molar-refractivity contribution in [3.63, 3.8) is 0 Å². The Morgan fingerprint density at radius 2 is 1.52 bits per heavy atom. The summed E-state index contributed by atoms with van der Waals surface area (Å²) in [7, 11) is 0. The second-order valence-corrected chi connectivity index (χ2v) is 4.07. The normalized spacial score (nSPS) is 13.9. The van der Waals surface area contributed by atoms with E-state index in [0.29, 0.717) is 12.1 Å². The lowest BCUT2D eigenvalue weighted by atomic mass is 10.00. The Balaban J connectivity index is 3.35. The van der Waals surface area contributed by atoms with Crippen LogP contribution in [0.2, 0.25) is 0 Å². The molecule has 0 saturated carbocycles. The second-order valence-electron chi connectivity index (χ2n) is 4.07. The summed E-state index contributed by atoms with van der Waals surface area (Å²) in [5.74, 6) is -1.11. The first-order valence-electron chi connectivity index (χ1n) is 5.68.